The smallest absolute Gasteiger partial charge is 0.269 e. The van der Waals surface area contributed by atoms with Gasteiger partial charge in [-0.1, -0.05) is 24.8 Å². The van der Waals surface area contributed by atoms with Crippen LogP contribution in [-0.2, 0) is 4.79 Å². The Kier molecular flexibility index (Phi) is 6.80. The number of rotatable bonds is 4. The van der Waals surface area contributed by atoms with Gasteiger partial charge >= 0.3 is 0 Å². The first-order valence-corrected chi connectivity index (χ1v) is 6.58. The highest BCUT2D eigenvalue weighted by Crippen LogP contribution is 2.24. The fraction of sp³-hybridized carbons (Fsp3) is 0.0625. The quantitative estimate of drug-likeness (QED) is 0.389. The molecule has 7 heteroatoms. The van der Waals surface area contributed by atoms with E-state index in [1.54, 1.807) is 36.4 Å². The van der Waals surface area contributed by atoms with E-state index in [4.69, 9.17) is 10.5 Å². The van der Waals surface area contributed by atoms with E-state index in [9.17, 15) is 14.9 Å². The molecule has 0 heterocycles. The molecule has 0 bridgehead atoms. The Morgan fingerprint density at radius 1 is 1.30 bits per heavy atom. The molecule has 7 nitrogen and oxygen atoms in total. The fourth-order valence-electron chi connectivity index (χ4n) is 1.55. The van der Waals surface area contributed by atoms with Crippen molar-refractivity contribution in [2.75, 3.05) is 11.1 Å². The summed E-state index contributed by atoms with van der Waals surface area (Å²) in [6, 6.07) is 12.9. The van der Waals surface area contributed by atoms with Gasteiger partial charge in [-0.05, 0) is 12.1 Å². The summed E-state index contributed by atoms with van der Waals surface area (Å²) in [5.41, 5.74) is 6.81. The first-order valence-electron chi connectivity index (χ1n) is 6.58. The summed E-state index contributed by atoms with van der Waals surface area (Å²) in [6.45, 7) is 4.85. The Bertz CT molecular complexity index is 687. The third kappa shape index (κ3) is 6.30. The number of hydrogen-bond acceptors (Lipinski definition) is 5. The Hall–Kier alpha value is -3.35. The van der Waals surface area contributed by atoms with Crippen molar-refractivity contribution in [1.82, 2.24) is 0 Å². The molecule has 120 valence electrons. The minimum atomic E-state index is -0.417. The summed E-state index contributed by atoms with van der Waals surface area (Å²) in [7, 11) is 0. The number of non-ortho nitro benzene ring substituents is 1. The third-order valence-corrected chi connectivity index (χ3v) is 2.52. The van der Waals surface area contributed by atoms with Crippen molar-refractivity contribution in [2.24, 2.45) is 0 Å². The van der Waals surface area contributed by atoms with Crippen LogP contribution in [0.3, 0.4) is 0 Å². The average Bonchev–Trinajstić information content (AvgIpc) is 2.52. The standard InChI is InChI=1S/C10H12N2O2.C6H5NO2/c1-3-14-8-4-5-9(11)10(6-8)12-7(2)13;8-7(9)6-4-2-1-3-5-6/h3-6H,1,11H2,2H3,(H,12,13);1-5H. The molecule has 0 aliphatic heterocycles. The van der Waals surface area contributed by atoms with Crippen LogP contribution < -0.4 is 15.8 Å². The molecule has 0 saturated heterocycles. The van der Waals surface area contributed by atoms with Gasteiger partial charge in [0.15, 0.2) is 0 Å². The molecule has 1 amide bonds. The number of hydrogen-bond donors (Lipinski definition) is 2. The fourth-order valence-corrected chi connectivity index (χ4v) is 1.55. The zero-order valence-corrected chi connectivity index (χ0v) is 12.6. The lowest BCUT2D eigenvalue weighted by Gasteiger charge is -2.07. The molecular weight excluding hydrogens is 298 g/mol. The Labute approximate surface area is 133 Å². The van der Waals surface area contributed by atoms with Crippen LogP contribution in [0.4, 0.5) is 17.1 Å². The first kappa shape index (κ1) is 17.7. The normalized spacial score (nSPS) is 9.09. The predicted octanol–water partition coefficient (Wildman–Crippen LogP) is 3.34. The van der Waals surface area contributed by atoms with Gasteiger partial charge in [-0.25, -0.2) is 0 Å². The lowest BCUT2D eigenvalue weighted by atomic mass is 10.2. The monoisotopic (exact) mass is 315 g/mol. The summed E-state index contributed by atoms with van der Waals surface area (Å²) in [5, 5.41) is 12.6. The molecule has 0 saturated carbocycles. The van der Waals surface area contributed by atoms with E-state index in [1.807, 2.05) is 0 Å². The summed E-state index contributed by atoms with van der Waals surface area (Å²) >= 11 is 0. The predicted molar refractivity (Wildman–Crippen MR) is 89.1 cm³/mol. The topological polar surface area (TPSA) is 107 Å². The van der Waals surface area contributed by atoms with Crippen LogP contribution in [0.25, 0.3) is 0 Å². The van der Waals surface area contributed by atoms with Crippen molar-refractivity contribution in [3.8, 4) is 5.75 Å². The largest absolute Gasteiger partial charge is 0.466 e. The van der Waals surface area contributed by atoms with Crippen molar-refractivity contribution in [1.29, 1.82) is 0 Å². The number of nitrogen functional groups attached to an aromatic ring is 1. The number of anilines is 2. The van der Waals surface area contributed by atoms with Gasteiger partial charge in [-0.3, -0.25) is 14.9 Å². The van der Waals surface area contributed by atoms with Crippen LogP contribution in [-0.4, -0.2) is 10.8 Å². The van der Waals surface area contributed by atoms with Gasteiger partial charge in [0.25, 0.3) is 5.69 Å². The van der Waals surface area contributed by atoms with Crippen molar-refractivity contribution in [3.05, 3.63) is 71.5 Å². The molecule has 23 heavy (non-hydrogen) atoms. The van der Waals surface area contributed by atoms with Crippen LogP contribution in [0.5, 0.6) is 5.75 Å². The number of nitro groups is 1. The molecule has 0 aromatic heterocycles. The molecule has 0 fully saturated rings. The van der Waals surface area contributed by atoms with Crippen molar-refractivity contribution < 1.29 is 14.5 Å². The second-order valence-electron chi connectivity index (χ2n) is 4.31. The van der Waals surface area contributed by atoms with E-state index in [-0.39, 0.29) is 11.6 Å². The number of nitro benzene ring substituents is 1. The molecule has 0 atom stereocenters. The highest BCUT2D eigenvalue weighted by atomic mass is 16.6. The van der Waals surface area contributed by atoms with E-state index >= 15 is 0 Å². The van der Waals surface area contributed by atoms with Crippen LogP contribution >= 0.6 is 0 Å². The molecule has 2 rings (SSSR count). The minimum absolute atomic E-state index is 0.137. The highest BCUT2D eigenvalue weighted by Gasteiger charge is 2.02. The highest BCUT2D eigenvalue weighted by molar-refractivity contribution is 5.92. The Morgan fingerprint density at radius 3 is 2.43 bits per heavy atom. The number of nitrogens with one attached hydrogen (secondary N) is 1. The first-order chi connectivity index (χ1) is 10.9. The maximum atomic E-state index is 10.8. The maximum absolute atomic E-state index is 10.8. The summed E-state index contributed by atoms with van der Waals surface area (Å²) in [4.78, 5) is 20.4. The molecule has 0 aliphatic carbocycles. The molecule has 0 spiro atoms. The Balaban J connectivity index is 0.000000253. The maximum Gasteiger partial charge on any atom is 0.269 e. The Morgan fingerprint density at radius 2 is 1.96 bits per heavy atom. The SMILES string of the molecule is C=COc1ccc(N)c(NC(C)=O)c1.O=[N+]([O-])c1ccccc1. The molecule has 2 aromatic carbocycles. The van der Waals surface area contributed by atoms with Gasteiger partial charge in [-0.15, -0.1) is 0 Å². The van der Waals surface area contributed by atoms with E-state index in [2.05, 4.69) is 11.9 Å². The van der Waals surface area contributed by atoms with Gasteiger partial charge < -0.3 is 15.8 Å². The second kappa shape index (κ2) is 8.83. The molecule has 0 radical (unpaired) electrons. The molecule has 0 unspecified atom stereocenters. The molecule has 3 N–H and O–H groups in total. The van der Waals surface area contributed by atoms with Gasteiger partial charge in [-0.2, -0.15) is 0 Å². The number of amides is 1. The van der Waals surface area contributed by atoms with E-state index < -0.39 is 4.92 Å². The van der Waals surface area contributed by atoms with Crippen molar-refractivity contribution in [2.45, 2.75) is 6.92 Å². The molecular formula is C16H17N3O4. The lowest BCUT2D eigenvalue weighted by Crippen LogP contribution is -2.07. The number of para-hydroxylation sites is 1. The van der Waals surface area contributed by atoms with Gasteiger partial charge in [0, 0.05) is 25.1 Å². The summed E-state index contributed by atoms with van der Waals surface area (Å²) in [6.07, 6.45) is 1.31. The number of nitrogens with two attached hydrogens (primary N) is 1. The minimum Gasteiger partial charge on any atom is -0.466 e. The van der Waals surface area contributed by atoms with E-state index in [1.165, 1.54) is 25.3 Å². The third-order valence-electron chi connectivity index (χ3n) is 2.52. The second-order valence-corrected chi connectivity index (χ2v) is 4.31. The van der Waals surface area contributed by atoms with E-state index in [0.29, 0.717) is 17.1 Å². The molecule has 2 aromatic rings. The average molecular weight is 315 g/mol. The summed E-state index contributed by atoms with van der Waals surface area (Å²) < 4.78 is 5.04. The molecule has 0 aliphatic rings. The van der Waals surface area contributed by atoms with E-state index in [0.717, 1.165) is 0 Å². The van der Waals surface area contributed by atoms with Crippen LogP contribution in [0.2, 0.25) is 0 Å². The number of carbonyl (C=O) groups is 1. The number of nitrogens with zero attached hydrogens (tertiary/aromatic N) is 1. The van der Waals surface area contributed by atoms with Gasteiger partial charge in [0.2, 0.25) is 5.91 Å². The van der Waals surface area contributed by atoms with Crippen LogP contribution in [0.1, 0.15) is 6.92 Å². The van der Waals surface area contributed by atoms with Crippen LogP contribution in [0, 0.1) is 10.1 Å². The van der Waals surface area contributed by atoms with Gasteiger partial charge in [0.1, 0.15) is 5.75 Å². The lowest BCUT2D eigenvalue weighted by molar-refractivity contribution is -0.384. The number of ether oxygens (including phenoxy) is 1. The van der Waals surface area contributed by atoms with Crippen LogP contribution in [0.15, 0.2) is 61.4 Å². The van der Waals surface area contributed by atoms with Gasteiger partial charge in [0.05, 0.1) is 22.6 Å². The number of benzene rings is 2. The van der Waals surface area contributed by atoms with Crippen molar-refractivity contribution in [3.63, 3.8) is 0 Å². The number of carbonyl (C=O) groups excluding carboxylic acids is 1. The zero-order valence-electron chi connectivity index (χ0n) is 12.6. The zero-order chi connectivity index (χ0) is 17.2. The summed E-state index contributed by atoms with van der Waals surface area (Å²) in [5.74, 6) is 0.408. The van der Waals surface area contributed by atoms with Crippen molar-refractivity contribution >= 4 is 23.0 Å².